The molecule has 1 aromatic heterocycles. The lowest BCUT2D eigenvalue weighted by Crippen LogP contribution is -2.33. The third-order valence-electron chi connectivity index (χ3n) is 4.89. The van der Waals surface area contributed by atoms with Crippen LogP contribution in [0.25, 0.3) is 10.2 Å². The number of carbonyl (C=O) groups is 2. The van der Waals surface area contributed by atoms with Gasteiger partial charge in [-0.3, -0.25) is 9.69 Å². The lowest BCUT2D eigenvalue weighted by atomic mass is 10.1. The van der Waals surface area contributed by atoms with Crippen LogP contribution in [0.1, 0.15) is 27.1 Å². The molecule has 0 saturated heterocycles. The molecule has 0 atom stereocenters. The maximum absolute atomic E-state index is 13.4. The molecule has 0 N–H and O–H groups in total. The molecule has 0 unspecified atom stereocenters. The number of rotatable bonds is 7. The Balaban J connectivity index is 1.64. The van der Waals surface area contributed by atoms with Crippen molar-refractivity contribution in [2.24, 2.45) is 0 Å². The van der Waals surface area contributed by atoms with Crippen LogP contribution >= 0.6 is 11.3 Å². The van der Waals surface area contributed by atoms with Crippen molar-refractivity contribution in [1.29, 1.82) is 0 Å². The van der Waals surface area contributed by atoms with Crippen LogP contribution in [0.3, 0.4) is 0 Å². The van der Waals surface area contributed by atoms with E-state index in [-0.39, 0.29) is 12.7 Å². The van der Waals surface area contributed by atoms with Crippen LogP contribution in [0.15, 0.2) is 36.4 Å². The van der Waals surface area contributed by atoms with E-state index in [1.54, 1.807) is 29.2 Å². The van der Waals surface area contributed by atoms with Gasteiger partial charge in [0.05, 0.1) is 22.9 Å². The third-order valence-corrected chi connectivity index (χ3v) is 5.93. The van der Waals surface area contributed by atoms with Gasteiger partial charge in [-0.1, -0.05) is 11.3 Å². The summed E-state index contributed by atoms with van der Waals surface area (Å²) in [5.41, 5.74) is 1.63. The van der Waals surface area contributed by atoms with Crippen LogP contribution in [0.5, 0.6) is 11.5 Å². The summed E-state index contributed by atoms with van der Waals surface area (Å²) in [7, 11) is 5.32. The van der Waals surface area contributed by atoms with Crippen molar-refractivity contribution in [2.45, 2.75) is 6.42 Å². The highest BCUT2D eigenvalue weighted by Crippen LogP contribution is 2.40. The molecule has 8 nitrogen and oxygen atoms in total. The van der Waals surface area contributed by atoms with Crippen molar-refractivity contribution in [2.75, 3.05) is 46.0 Å². The molecule has 2 heterocycles. The molecule has 3 aromatic rings. The molecule has 1 amide bonds. The molecule has 4 rings (SSSR count). The molecule has 162 valence electrons. The van der Waals surface area contributed by atoms with E-state index < -0.39 is 5.97 Å². The lowest BCUT2D eigenvalue weighted by Gasteiger charge is -2.21. The predicted octanol–water partition coefficient (Wildman–Crippen LogP) is 3.41. The van der Waals surface area contributed by atoms with Gasteiger partial charge in [0.1, 0.15) is 0 Å². The van der Waals surface area contributed by atoms with Crippen molar-refractivity contribution >= 4 is 38.6 Å². The highest BCUT2D eigenvalue weighted by atomic mass is 32.1. The average molecular weight is 442 g/mol. The Morgan fingerprint density at radius 2 is 1.74 bits per heavy atom. The van der Waals surface area contributed by atoms with Crippen molar-refractivity contribution in [3.8, 4) is 11.5 Å². The maximum atomic E-state index is 13.4. The first kappa shape index (κ1) is 21.1. The second-order valence-electron chi connectivity index (χ2n) is 7.35. The smallest absolute Gasteiger partial charge is 0.337 e. The molecular formula is C22H23N3O5S. The summed E-state index contributed by atoms with van der Waals surface area (Å²) in [5.74, 6) is 0.736. The first-order valence-electron chi connectivity index (χ1n) is 9.81. The highest BCUT2D eigenvalue weighted by molar-refractivity contribution is 7.22. The standard InChI is InChI=1S/C22H23N3O5S/c1-24(2)9-4-10-25(20(26)14-5-7-15(8-6-14)21(27)28-3)22-23-16-11-17-18(30-13-29-17)12-19(16)31-22/h5-8,11-12H,4,9-10,13H2,1-3H3. The zero-order chi connectivity index (χ0) is 22.0. The van der Waals surface area contributed by atoms with E-state index in [4.69, 9.17) is 19.2 Å². The van der Waals surface area contributed by atoms with E-state index in [0.717, 1.165) is 23.2 Å². The van der Waals surface area contributed by atoms with Gasteiger partial charge in [0.15, 0.2) is 16.6 Å². The Morgan fingerprint density at radius 1 is 1.06 bits per heavy atom. The van der Waals surface area contributed by atoms with E-state index in [1.807, 2.05) is 26.2 Å². The molecule has 0 saturated carbocycles. The van der Waals surface area contributed by atoms with Crippen molar-refractivity contribution in [3.63, 3.8) is 0 Å². The fraction of sp³-hybridized carbons (Fsp3) is 0.318. The molecule has 2 aromatic carbocycles. The van der Waals surface area contributed by atoms with Gasteiger partial charge in [-0.15, -0.1) is 0 Å². The van der Waals surface area contributed by atoms with Crippen LogP contribution in [0.4, 0.5) is 5.13 Å². The first-order valence-corrected chi connectivity index (χ1v) is 10.6. The van der Waals surface area contributed by atoms with Gasteiger partial charge in [-0.2, -0.15) is 0 Å². The molecule has 0 aliphatic carbocycles. The van der Waals surface area contributed by atoms with Crippen LogP contribution in [0, 0.1) is 0 Å². The van der Waals surface area contributed by atoms with Crippen LogP contribution in [-0.4, -0.2) is 62.8 Å². The molecule has 1 aliphatic heterocycles. The predicted molar refractivity (Wildman–Crippen MR) is 118 cm³/mol. The summed E-state index contributed by atoms with van der Waals surface area (Å²) in [5, 5.41) is 0.611. The topological polar surface area (TPSA) is 81.2 Å². The number of aromatic nitrogens is 1. The zero-order valence-electron chi connectivity index (χ0n) is 17.6. The van der Waals surface area contributed by atoms with Crippen molar-refractivity contribution < 1.29 is 23.8 Å². The molecule has 31 heavy (non-hydrogen) atoms. The SMILES string of the molecule is COC(=O)c1ccc(C(=O)N(CCCN(C)C)c2nc3cc4c(cc3s2)OCO4)cc1. The van der Waals surface area contributed by atoms with Gasteiger partial charge < -0.3 is 19.1 Å². The van der Waals surface area contributed by atoms with E-state index in [1.165, 1.54) is 18.4 Å². The summed E-state index contributed by atoms with van der Waals surface area (Å²) >= 11 is 1.44. The number of thiazole rings is 1. The summed E-state index contributed by atoms with van der Waals surface area (Å²) in [6.45, 7) is 1.56. The van der Waals surface area contributed by atoms with Gasteiger partial charge in [-0.25, -0.2) is 9.78 Å². The number of esters is 1. The summed E-state index contributed by atoms with van der Waals surface area (Å²) in [6.07, 6.45) is 0.789. The lowest BCUT2D eigenvalue weighted by molar-refractivity contribution is 0.0600. The number of nitrogens with zero attached hydrogens (tertiary/aromatic N) is 3. The largest absolute Gasteiger partial charge is 0.465 e. The Morgan fingerprint density at radius 3 is 2.42 bits per heavy atom. The molecular weight excluding hydrogens is 418 g/mol. The molecule has 9 heteroatoms. The Kier molecular flexibility index (Phi) is 6.06. The van der Waals surface area contributed by atoms with Gasteiger partial charge >= 0.3 is 5.97 Å². The monoisotopic (exact) mass is 441 g/mol. The number of methoxy groups -OCH3 is 1. The fourth-order valence-corrected chi connectivity index (χ4v) is 4.27. The molecule has 0 radical (unpaired) electrons. The second-order valence-corrected chi connectivity index (χ2v) is 8.36. The number of hydrogen-bond acceptors (Lipinski definition) is 8. The fourth-order valence-electron chi connectivity index (χ4n) is 3.27. The quantitative estimate of drug-likeness (QED) is 0.520. The van der Waals surface area contributed by atoms with Gasteiger partial charge in [0.2, 0.25) is 6.79 Å². The zero-order valence-corrected chi connectivity index (χ0v) is 18.4. The normalized spacial score (nSPS) is 12.4. The van der Waals surface area contributed by atoms with Crippen LogP contribution < -0.4 is 14.4 Å². The molecule has 0 spiro atoms. The summed E-state index contributed by atoms with van der Waals surface area (Å²) in [4.78, 5) is 33.5. The van der Waals surface area contributed by atoms with Gasteiger partial charge in [-0.05, 0) is 51.3 Å². The van der Waals surface area contributed by atoms with E-state index in [0.29, 0.717) is 34.3 Å². The number of ether oxygens (including phenoxy) is 3. The Bertz CT molecular complexity index is 1070. The second kappa shape index (κ2) is 8.91. The van der Waals surface area contributed by atoms with Crippen molar-refractivity contribution in [1.82, 2.24) is 9.88 Å². The summed E-state index contributed by atoms with van der Waals surface area (Å²) in [6, 6.07) is 10.2. The summed E-state index contributed by atoms with van der Waals surface area (Å²) < 4.78 is 16.5. The number of anilines is 1. The van der Waals surface area contributed by atoms with Gasteiger partial charge in [0, 0.05) is 24.2 Å². The van der Waals surface area contributed by atoms with Crippen LogP contribution in [0.2, 0.25) is 0 Å². The minimum absolute atomic E-state index is 0.172. The van der Waals surface area contributed by atoms with E-state index in [2.05, 4.69) is 4.90 Å². The first-order chi connectivity index (χ1) is 15.0. The number of benzene rings is 2. The molecule has 0 bridgehead atoms. The van der Waals surface area contributed by atoms with E-state index in [9.17, 15) is 9.59 Å². The Hall–Kier alpha value is -3.17. The number of hydrogen-bond donors (Lipinski definition) is 0. The number of fused-ring (bicyclic) bond motifs is 2. The maximum Gasteiger partial charge on any atom is 0.337 e. The van der Waals surface area contributed by atoms with E-state index >= 15 is 0 Å². The average Bonchev–Trinajstić information content (AvgIpc) is 3.39. The minimum atomic E-state index is -0.439. The van der Waals surface area contributed by atoms with Crippen molar-refractivity contribution in [3.05, 3.63) is 47.5 Å². The third kappa shape index (κ3) is 4.47. The number of carbonyl (C=O) groups excluding carboxylic acids is 2. The van der Waals surface area contributed by atoms with Gasteiger partial charge in [0.25, 0.3) is 5.91 Å². The minimum Gasteiger partial charge on any atom is -0.465 e. The number of amides is 1. The van der Waals surface area contributed by atoms with Crippen LogP contribution in [-0.2, 0) is 4.74 Å². The highest BCUT2D eigenvalue weighted by Gasteiger charge is 2.23. The molecule has 0 fully saturated rings. The Labute approximate surface area is 183 Å². The molecule has 1 aliphatic rings.